The molecule has 0 atom stereocenters. The van der Waals surface area contributed by atoms with Crippen molar-refractivity contribution in [2.45, 2.75) is 16.7 Å². The van der Waals surface area contributed by atoms with Gasteiger partial charge in [0.25, 0.3) is 10.1 Å². The zero-order valence-electron chi connectivity index (χ0n) is 15.6. The van der Waals surface area contributed by atoms with Gasteiger partial charge < -0.3 is 9.47 Å². The van der Waals surface area contributed by atoms with Gasteiger partial charge in [-0.25, -0.2) is 8.42 Å². The van der Waals surface area contributed by atoms with E-state index in [0.717, 1.165) is 11.8 Å². The molecule has 0 fully saturated rings. The molecule has 0 heterocycles. The summed E-state index contributed by atoms with van der Waals surface area (Å²) in [5, 5.41) is 0. The lowest BCUT2D eigenvalue weighted by Gasteiger charge is -2.12. The molecule has 3 aromatic rings. The minimum absolute atomic E-state index is 0.201. The maximum absolute atomic E-state index is 11.5. The first-order valence-corrected chi connectivity index (χ1v) is 11.7. The fourth-order valence-electron chi connectivity index (χ4n) is 2.45. The number of benzene rings is 3. The molecular weight excluding hydrogens is 416 g/mol. The first-order valence-electron chi connectivity index (χ1n) is 8.36. The van der Waals surface area contributed by atoms with Gasteiger partial charge in [0.1, 0.15) is 23.0 Å². The Morgan fingerprint density at radius 2 is 1.17 bits per heavy atom. The van der Waals surface area contributed by atoms with Crippen molar-refractivity contribution >= 4 is 20.0 Å². The molecule has 3 rings (SSSR count). The first-order chi connectivity index (χ1) is 13.5. The van der Waals surface area contributed by atoms with Crippen LogP contribution in [-0.2, 0) is 20.0 Å². The highest BCUT2D eigenvalue weighted by molar-refractivity contribution is 7.90. The highest BCUT2D eigenvalue weighted by atomic mass is 32.2. The fraction of sp³-hybridized carbons (Fsp3) is 0.100. The van der Waals surface area contributed by atoms with Gasteiger partial charge in [-0.1, -0.05) is 6.07 Å². The average molecular weight is 434 g/mol. The lowest BCUT2D eigenvalue weighted by Crippen LogP contribution is -1.97. The summed E-state index contributed by atoms with van der Waals surface area (Å²) in [4.78, 5) is -0.0256. The standard InChI is InChI=1S/C20H18O7S2/c1-14-3-4-17(26-15-7-11-19(12-8-15)29(23,24)25)13-20(14)27-16-5-9-18(10-6-16)28(2,21)22/h3-13H,1-2H3,(H,23,24,25). The number of ether oxygens (including phenoxy) is 2. The van der Waals surface area contributed by atoms with Crippen LogP contribution in [0, 0.1) is 6.92 Å². The molecule has 29 heavy (non-hydrogen) atoms. The molecule has 0 bridgehead atoms. The van der Waals surface area contributed by atoms with E-state index in [2.05, 4.69) is 0 Å². The predicted octanol–water partition coefficient (Wildman–Crippen LogP) is 4.23. The van der Waals surface area contributed by atoms with Gasteiger partial charge >= 0.3 is 0 Å². The minimum atomic E-state index is -4.26. The van der Waals surface area contributed by atoms with Crippen molar-refractivity contribution in [1.29, 1.82) is 0 Å². The summed E-state index contributed by atoms with van der Waals surface area (Å²) in [5.41, 5.74) is 0.839. The van der Waals surface area contributed by atoms with Gasteiger partial charge in [-0.05, 0) is 67.1 Å². The van der Waals surface area contributed by atoms with Crippen molar-refractivity contribution in [3.63, 3.8) is 0 Å². The van der Waals surface area contributed by atoms with Crippen LogP contribution in [0.5, 0.6) is 23.0 Å². The number of sulfone groups is 1. The molecule has 0 amide bonds. The van der Waals surface area contributed by atoms with E-state index in [-0.39, 0.29) is 9.79 Å². The third-order valence-corrected chi connectivity index (χ3v) is 5.99. The van der Waals surface area contributed by atoms with E-state index in [1.165, 1.54) is 36.4 Å². The van der Waals surface area contributed by atoms with Crippen LogP contribution in [0.25, 0.3) is 0 Å². The van der Waals surface area contributed by atoms with Gasteiger partial charge in [0.15, 0.2) is 9.84 Å². The molecule has 0 aliphatic carbocycles. The van der Waals surface area contributed by atoms with Gasteiger partial charge in [0.2, 0.25) is 0 Å². The van der Waals surface area contributed by atoms with Crippen LogP contribution in [0.3, 0.4) is 0 Å². The molecular formula is C20H18O7S2. The topological polar surface area (TPSA) is 107 Å². The molecule has 1 N–H and O–H groups in total. The molecule has 7 nitrogen and oxygen atoms in total. The third kappa shape index (κ3) is 5.35. The Morgan fingerprint density at radius 3 is 1.69 bits per heavy atom. The second-order valence-electron chi connectivity index (χ2n) is 6.32. The summed E-state index contributed by atoms with van der Waals surface area (Å²) >= 11 is 0. The van der Waals surface area contributed by atoms with Crippen molar-refractivity contribution in [2.24, 2.45) is 0 Å². The Bertz CT molecular complexity index is 1230. The monoisotopic (exact) mass is 434 g/mol. The quantitative estimate of drug-likeness (QED) is 0.579. The molecule has 0 aromatic heterocycles. The largest absolute Gasteiger partial charge is 0.457 e. The van der Waals surface area contributed by atoms with Crippen molar-refractivity contribution < 1.29 is 30.9 Å². The molecule has 0 aliphatic heterocycles. The predicted molar refractivity (Wildman–Crippen MR) is 107 cm³/mol. The smallest absolute Gasteiger partial charge is 0.294 e. The summed E-state index contributed by atoms with van der Waals surface area (Å²) in [6.07, 6.45) is 1.14. The van der Waals surface area contributed by atoms with Gasteiger partial charge in [-0.3, -0.25) is 4.55 Å². The van der Waals surface area contributed by atoms with Crippen LogP contribution in [0.2, 0.25) is 0 Å². The molecule has 152 valence electrons. The fourth-order valence-corrected chi connectivity index (χ4v) is 3.56. The lowest BCUT2D eigenvalue weighted by atomic mass is 10.2. The van der Waals surface area contributed by atoms with Gasteiger partial charge in [-0.2, -0.15) is 8.42 Å². The number of aryl methyl sites for hydroxylation is 1. The van der Waals surface area contributed by atoms with E-state index in [9.17, 15) is 16.8 Å². The van der Waals surface area contributed by atoms with Crippen molar-refractivity contribution in [2.75, 3.05) is 6.26 Å². The molecule has 0 aliphatic rings. The van der Waals surface area contributed by atoms with Gasteiger partial charge in [0, 0.05) is 12.3 Å². The Hall–Kier alpha value is -2.88. The zero-order valence-corrected chi connectivity index (χ0v) is 17.2. The second kappa shape index (κ2) is 7.86. The molecule has 0 spiro atoms. The molecule has 9 heteroatoms. The Labute approximate surface area is 169 Å². The summed E-state index contributed by atoms with van der Waals surface area (Å²) in [7, 11) is -7.55. The number of rotatable bonds is 6. The Balaban J connectivity index is 1.79. The highest BCUT2D eigenvalue weighted by Crippen LogP contribution is 2.32. The van der Waals surface area contributed by atoms with Crippen molar-refractivity contribution in [3.8, 4) is 23.0 Å². The van der Waals surface area contributed by atoms with Crippen molar-refractivity contribution in [1.82, 2.24) is 0 Å². The zero-order chi connectivity index (χ0) is 21.2. The molecule has 0 saturated heterocycles. The van der Waals surface area contributed by atoms with Crippen LogP contribution in [0.1, 0.15) is 5.56 Å². The van der Waals surface area contributed by atoms with Crippen LogP contribution in [0.4, 0.5) is 0 Å². The maximum atomic E-state index is 11.5. The molecule has 3 aromatic carbocycles. The highest BCUT2D eigenvalue weighted by Gasteiger charge is 2.11. The average Bonchev–Trinajstić information content (AvgIpc) is 2.64. The van der Waals surface area contributed by atoms with Gasteiger partial charge in [0.05, 0.1) is 9.79 Å². The summed E-state index contributed by atoms with van der Waals surface area (Å²) in [6.45, 7) is 1.85. The molecule has 0 unspecified atom stereocenters. The van der Waals surface area contributed by atoms with E-state index in [0.29, 0.717) is 23.0 Å². The number of hydrogen-bond donors (Lipinski definition) is 1. The SMILES string of the molecule is Cc1ccc(Oc2ccc(S(=O)(=O)O)cc2)cc1Oc1ccc(S(C)(=O)=O)cc1. The van der Waals surface area contributed by atoms with Crippen LogP contribution in [0.15, 0.2) is 76.5 Å². The van der Waals surface area contributed by atoms with Crippen molar-refractivity contribution in [3.05, 3.63) is 72.3 Å². The van der Waals surface area contributed by atoms with E-state index >= 15 is 0 Å². The maximum Gasteiger partial charge on any atom is 0.294 e. The van der Waals surface area contributed by atoms with Crippen LogP contribution >= 0.6 is 0 Å². The first kappa shape index (κ1) is 20.8. The lowest BCUT2D eigenvalue weighted by molar-refractivity contribution is 0.457. The second-order valence-corrected chi connectivity index (χ2v) is 9.76. The molecule has 0 saturated carbocycles. The van der Waals surface area contributed by atoms with Crippen LogP contribution in [-0.4, -0.2) is 27.6 Å². The normalized spacial score (nSPS) is 11.8. The Kier molecular flexibility index (Phi) is 5.65. The van der Waals surface area contributed by atoms with E-state index in [1.54, 1.807) is 30.3 Å². The Morgan fingerprint density at radius 1 is 0.690 bits per heavy atom. The summed E-state index contributed by atoms with van der Waals surface area (Å²) in [5.74, 6) is 1.82. The summed E-state index contributed by atoms with van der Waals surface area (Å²) in [6, 6.07) is 16.6. The molecule has 0 radical (unpaired) electrons. The van der Waals surface area contributed by atoms with E-state index in [4.69, 9.17) is 14.0 Å². The third-order valence-electron chi connectivity index (χ3n) is 4.00. The number of hydrogen-bond acceptors (Lipinski definition) is 6. The van der Waals surface area contributed by atoms with Crippen LogP contribution < -0.4 is 9.47 Å². The minimum Gasteiger partial charge on any atom is -0.457 e. The van der Waals surface area contributed by atoms with Gasteiger partial charge in [-0.15, -0.1) is 0 Å². The van der Waals surface area contributed by atoms with E-state index in [1.807, 2.05) is 6.92 Å². The summed E-state index contributed by atoms with van der Waals surface area (Å²) < 4.78 is 65.8. The van der Waals surface area contributed by atoms with E-state index < -0.39 is 20.0 Å².